The molecule has 0 saturated carbocycles. The Labute approximate surface area is 120 Å². The third kappa shape index (κ3) is 2.49. The quantitative estimate of drug-likeness (QED) is 0.630. The van der Waals surface area contributed by atoms with Crippen LogP contribution in [0.15, 0.2) is 12.1 Å². The lowest BCUT2D eigenvalue weighted by molar-refractivity contribution is -0.385. The standard InChI is InChI=1S/C13H16N2O6/c1-6-8(15(18)19)5-4-7-9(6)21-13(2,3)11(16)10(7)20-12(14)17/h4-5,10-11,16H,1-3H3,(H2,14,17)/t10-,11?/m0/s1. The van der Waals surface area contributed by atoms with E-state index in [0.29, 0.717) is 11.1 Å². The molecule has 0 fully saturated rings. The fraction of sp³-hybridized carbons (Fsp3) is 0.462. The lowest BCUT2D eigenvalue weighted by Gasteiger charge is -2.41. The van der Waals surface area contributed by atoms with E-state index in [-0.39, 0.29) is 11.4 Å². The van der Waals surface area contributed by atoms with Gasteiger partial charge >= 0.3 is 6.09 Å². The van der Waals surface area contributed by atoms with Gasteiger partial charge in [0.2, 0.25) is 0 Å². The second-order valence-corrected chi connectivity index (χ2v) is 5.39. The largest absolute Gasteiger partial charge is 0.484 e. The average molecular weight is 296 g/mol. The van der Waals surface area contributed by atoms with E-state index in [4.69, 9.17) is 15.2 Å². The number of carbonyl (C=O) groups is 1. The Balaban J connectivity index is 2.61. The Morgan fingerprint density at radius 2 is 2.14 bits per heavy atom. The topological polar surface area (TPSA) is 125 Å². The van der Waals surface area contributed by atoms with Crippen molar-refractivity contribution < 1.29 is 24.3 Å². The van der Waals surface area contributed by atoms with Crippen molar-refractivity contribution in [2.75, 3.05) is 0 Å². The minimum atomic E-state index is -1.15. The number of rotatable bonds is 2. The first-order chi connectivity index (χ1) is 9.65. The fourth-order valence-electron chi connectivity index (χ4n) is 2.37. The van der Waals surface area contributed by atoms with Crippen LogP contribution in [-0.2, 0) is 4.74 Å². The number of hydrogen-bond donors (Lipinski definition) is 2. The summed E-state index contributed by atoms with van der Waals surface area (Å²) < 4.78 is 10.6. The molecular formula is C13H16N2O6. The molecule has 21 heavy (non-hydrogen) atoms. The van der Waals surface area contributed by atoms with Gasteiger partial charge in [-0.25, -0.2) is 4.79 Å². The lowest BCUT2D eigenvalue weighted by atomic mass is 9.87. The zero-order valence-corrected chi connectivity index (χ0v) is 11.8. The minimum Gasteiger partial charge on any atom is -0.484 e. The molecule has 1 aliphatic rings. The molecule has 1 heterocycles. The average Bonchev–Trinajstić information content (AvgIpc) is 2.35. The zero-order valence-electron chi connectivity index (χ0n) is 11.8. The van der Waals surface area contributed by atoms with Crippen molar-refractivity contribution in [3.05, 3.63) is 33.4 Å². The molecule has 0 bridgehead atoms. The molecule has 2 atom stereocenters. The molecule has 8 nitrogen and oxygen atoms in total. The number of benzene rings is 1. The summed E-state index contributed by atoms with van der Waals surface area (Å²) >= 11 is 0. The van der Waals surface area contributed by atoms with Gasteiger partial charge in [0, 0.05) is 11.6 Å². The maximum atomic E-state index is 11.0. The highest BCUT2D eigenvalue weighted by molar-refractivity contribution is 5.66. The van der Waals surface area contributed by atoms with Crippen molar-refractivity contribution >= 4 is 11.8 Å². The van der Waals surface area contributed by atoms with Gasteiger partial charge in [-0.05, 0) is 26.8 Å². The summed E-state index contributed by atoms with van der Waals surface area (Å²) in [6, 6.07) is 2.67. The monoisotopic (exact) mass is 296 g/mol. The smallest absolute Gasteiger partial charge is 0.405 e. The van der Waals surface area contributed by atoms with E-state index in [2.05, 4.69) is 0 Å². The zero-order chi connectivity index (χ0) is 15.9. The number of nitrogens with zero attached hydrogens (tertiary/aromatic N) is 1. The van der Waals surface area contributed by atoms with Crippen LogP contribution < -0.4 is 10.5 Å². The molecule has 1 aromatic rings. The first-order valence-corrected chi connectivity index (χ1v) is 6.26. The highest BCUT2D eigenvalue weighted by Gasteiger charge is 2.46. The molecule has 0 saturated heterocycles. The number of fused-ring (bicyclic) bond motifs is 1. The molecule has 114 valence electrons. The number of aliphatic hydroxyl groups is 1. The molecule has 0 aliphatic carbocycles. The Morgan fingerprint density at radius 3 is 2.67 bits per heavy atom. The van der Waals surface area contributed by atoms with Gasteiger partial charge in [-0.15, -0.1) is 0 Å². The first kappa shape index (κ1) is 15.0. The number of carbonyl (C=O) groups excluding carboxylic acids is 1. The van der Waals surface area contributed by atoms with Crippen LogP contribution in [0.4, 0.5) is 10.5 Å². The van der Waals surface area contributed by atoms with Crippen molar-refractivity contribution in [1.82, 2.24) is 0 Å². The Kier molecular flexibility index (Phi) is 3.50. The number of aliphatic hydroxyl groups excluding tert-OH is 1. The SMILES string of the molecule is Cc1c([N+](=O)[O-])ccc2c1OC(C)(C)C(O)[C@H]2OC(N)=O. The van der Waals surface area contributed by atoms with Crippen LogP contribution in [0.1, 0.15) is 31.1 Å². The van der Waals surface area contributed by atoms with Crippen LogP contribution in [0, 0.1) is 17.0 Å². The number of nitro benzene ring substituents is 1. The van der Waals surface area contributed by atoms with Gasteiger partial charge in [0.05, 0.1) is 10.5 Å². The highest BCUT2D eigenvalue weighted by Crippen LogP contribution is 2.45. The number of hydrogen-bond acceptors (Lipinski definition) is 6. The third-order valence-electron chi connectivity index (χ3n) is 3.52. The van der Waals surface area contributed by atoms with Crippen LogP contribution in [0.25, 0.3) is 0 Å². The number of primary amides is 1. The normalized spacial score (nSPS) is 22.9. The van der Waals surface area contributed by atoms with E-state index >= 15 is 0 Å². The summed E-state index contributed by atoms with van der Waals surface area (Å²) in [6.07, 6.45) is -3.24. The summed E-state index contributed by atoms with van der Waals surface area (Å²) in [5.41, 5.74) is 4.48. The van der Waals surface area contributed by atoms with Crippen molar-refractivity contribution in [3.63, 3.8) is 0 Å². The fourth-order valence-corrected chi connectivity index (χ4v) is 2.37. The second-order valence-electron chi connectivity index (χ2n) is 5.39. The van der Waals surface area contributed by atoms with Crippen molar-refractivity contribution in [2.24, 2.45) is 5.73 Å². The molecule has 3 N–H and O–H groups in total. The number of ether oxygens (including phenoxy) is 2. The highest BCUT2D eigenvalue weighted by atomic mass is 16.6. The van der Waals surface area contributed by atoms with Gasteiger partial charge in [-0.3, -0.25) is 10.1 Å². The van der Waals surface area contributed by atoms with Crippen molar-refractivity contribution in [3.8, 4) is 5.75 Å². The second kappa shape index (κ2) is 4.88. The van der Waals surface area contributed by atoms with E-state index in [1.807, 2.05) is 0 Å². The minimum absolute atomic E-state index is 0.112. The molecule has 0 radical (unpaired) electrons. The van der Waals surface area contributed by atoms with Gasteiger partial charge < -0.3 is 20.3 Å². The molecule has 1 aromatic carbocycles. The number of nitrogens with two attached hydrogens (primary N) is 1. The van der Waals surface area contributed by atoms with E-state index in [1.165, 1.54) is 19.1 Å². The predicted molar refractivity (Wildman–Crippen MR) is 72.0 cm³/mol. The number of nitro groups is 1. The summed E-state index contributed by atoms with van der Waals surface area (Å²) in [5, 5.41) is 21.3. The molecule has 1 aliphatic heterocycles. The molecule has 2 rings (SSSR count). The molecule has 1 amide bonds. The van der Waals surface area contributed by atoms with Gasteiger partial charge in [0.25, 0.3) is 5.69 Å². The maximum absolute atomic E-state index is 11.0. The van der Waals surface area contributed by atoms with Crippen LogP contribution in [0.5, 0.6) is 5.75 Å². The van der Waals surface area contributed by atoms with Crippen LogP contribution in [-0.4, -0.2) is 27.8 Å². The van der Waals surface area contributed by atoms with Gasteiger partial charge in [-0.1, -0.05) is 0 Å². The van der Waals surface area contributed by atoms with E-state index in [0.717, 1.165) is 0 Å². The Hall–Kier alpha value is -2.35. The molecule has 0 spiro atoms. The maximum Gasteiger partial charge on any atom is 0.405 e. The summed E-state index contributed by atoms with van der Waals surface area (Å²) in [6.45, 7) is 4.72. The van der Waals surface area contributed by atoms with E-state index < -0.39 is 28.8 Å². The summed E-state index contributed by atoms with van der Waals surface area (Å²) in [5.74, 6) is 0.228. The Morgan fingerprint density at radius 1 is 1.52 bits per heavy atom. The predicted octanol–water partition coefficient (Wildman–Crippen LogP) is 1.57. The van der Waals surface area contributed by atoms with Crippen LogP contribution in [0.3, 0.4) is 0 Å². The summed E-state index contributed by atoms with van der Waals surface area (Å²) in [7, 11) is 0. The van der Waals surface area contributed by atoms with Crippen molar-refractivity contribution in [1.29, 1.82) is 0 Å². The van der Waals surface area contributed by atoms with Gasteiger partial charge in [0.15, 0.2) is 6.10 Å². The lowest BCUT2D eigenvalue weighted by Crippen LogP contribution is -2.50. The van der Waals surface area contributed by atoms with Crippen molar-refractivity contribution in [2.45, 2.75) is 38.6 Å². The van der Waals surface area contributed by atoms with Gasteiger partial charge in [0.1, 0.15) is 17.5 Å². The molecule has 8 heteroatoms. The summed E-state index contributed by atoms with van der Waals surface area (Å²) in [4.78, 5) is 21.5. The molecule has 0 aromatic heterocycles. The Bertz CT molecular complexity index is 613. The van der Waals surface area contributed by atoms with Crippen LogP contribution >= 0.6 is 0 Å². The van der Waals surface area contributed by atoms with Gasteiger partial charge in [-0.2, -0.15) is 0 Å². The van der Waals surface area contributed by atoms with E-state index in [1.54, 1.807) is 13.8 Å². The third-order valence-corrected chi connectivity index (χ3v) is 3.52. The first-order valence-electron chi connectivity index (χ1n) is 6.26. The number of amides is 1. The van der Waals surface area contributed by atoms with E-state index in [9.17, 15) is 20.0 Å². The molecular weight excluding hydrogens is 280 g/mol. The molecule has 1 unspecified atom stereocenters. The van der Waals surface area contributed by atoms with Crippen LogP contribution in [0.2, 0.25) is 0 Å².